The van der Waals surface area contributed by atoms with E-state index in [1.165, 1.54) is 51.4 Å². The van der Waals surface area contributed by atoms with Crippen LogP contribution in [0.1, 0.15) is 68.7 Å². The number of hydrogen-bond acceptors (Lipinski definition) is 4. The molecule has 1 aromatic heterocycles. The van der Waals surface area contributed by atoms with Gasteiger partial charge in [0, 0.05) is 24.6 Å². The van der Waals surface area contributed by atoms with Crippen LogP contribution >= 0.6 is 0 Å². The second kappa shape index (κ2) is 5.58. The summed E-state index contributed by atoms with van der Waals surface area (Å²) < 4.78 is 0. The molecule has 3 rings (SSSR count). The van der Waals surface area contributed by atoms with Crippen molar-refractivity contribution in [2.24, 2.45) is 0 Å². The van der Waals surface area contributed by atoms with E-state index in [0.717, 1.165) is 17.2 Å². The molecule has 2 fully saturated rings. The molecule has 4 heteroatoms. The van der Waals surface area contributed by atoms with Crippen molar-refractivity contribution >= 4 is 11.6 Å². The van der Waals surface area contributed by atoms with E-state index in [1.54, 1.807) is 0 Å². The van der Waals surface area contributed by atoms with Gasteiger partial charge in [0.2, 0.25) is 0 Å². The van der Waals surface area contributed by atoms with E-state index in [0.29, 0.717) is 17.8 Å². The second-order valence-corrected chi connectivity index (χ2v) is 6.45. The minimum Gasteiger partial charge on any atom is -0.383 e. The Kier molecular flexibility index (Phi) is 3.81. The molecule has 0 aliphatic heterocycles. The molecule has 0 bridgehead atoms. The van der Waals surface area contributed by atoms with E-state index in [4.69, 9.17) is 10.7 Å². The highest BCUT2D eigenvalue weighted by molar-refractivity contribution is 5.57. The zero-order valence-electron chi connectivity index (χ0n) is 12.7. The van der Waals surface area contributed by atoms with E-state index >= 15 is 0 Å². The Morgan fingerprint density at radius 2 is 1.65 bits per heavy atom. The highest BCUT2D eigenvalue weighted by atomic mass is 15.2. The third kappa shape index (κ3) is 2.74. The van der Waals surface area contributed by atoms with Crippen molar-refractivity contribution in [3.05, 3.63) is 11.4 Å². The van der Waals surface area contributed by atoms with Gasteiger partial charge in [0.05, 0.1) is 0 Å². The summed E-state index contributed by atoms with van der Waals surface area (Å²) in [5.74, 6) is 3.24. The lowest BCUT2D eigenvalue weighted by atomic mass is 10.1. The van der Waals surface area contributed by atoms with Crippen LogP contribution in [0.3, 0.4) is 0 Å². The third-order valence-corrected chi connectivity index (χ3v) is 4.82. The number of hydrogen-bond donors (Lipinski definition) is 1. The van der Waals surface area contributed by atoms with Crippen LogP contribution in [0.5, 0.6) is 0 Å². The van der Waals surface area contributed by atoms with E-state index in [-0.39, 0.29) is 0 Å². The summed E-state index contributed by atoms with van der Waals surface area (Å²) >= 11 is 0. The molecule has 0 aromatic carbocycles. The summed E-state index contributed by atoms with van der Waals surface area (Å²) in [5, 5.41) is 0. The van der Waals surface area contributed by atoms with Crippen LogP contribution in [0.4, 0.5) is 11.6 Å². The highest BCUT2D eigenvalue weighted by Crippen LogP contribution is 2.40. The van der Waals surface area contributed by atoms with Gasteiger partial charge in [-0.3, -0.25) is 0 Å². The molecule has 2 saturated carbocycles. The Hall–Kier alpha value is -1.32. The number of rotatable bonds is 3. The van der Waals surface area contributed by atoms with Crippen LogP contribution < -0.4 is 10.6 Å². The average molecular weight is 274 g/mol. The first kappa shape index (κ1) is 13.7. The van der Waals surface area contributed by atoms with Gasteiger partial charge in [0.15, 0.2) is 0 Å². The molecule has 1 aromatic rings. The normalized spacial score (nSPS) is 20.7. The molecule has 0 atom stereocenters. The predicted octanol–water partition coefficient (Wildman–Crippen LogP) is 3.40. The van der Waals surface area contributed by atoms with Crippen LogP contribution in [-0.2, 0) is 0 Å². The monoisotopic (exact) mass is 274 g/mol. The van der Waals surface area contributed by atoms with Crippen molar-refractivity contribution in [1.82, 2.24) is 9.97 Å². The van der Waals surface area contributed by atoms with Gasteiger partial charge in [0.25, 0.3) is 0 Å². The van der Waals surface area contributed by atoms with Gasteiger partial charge < -0.3 is 10.6 Å². The van der Waals surface area contributed by atoms with Crippen molar-refractivity contribution in [3.8, 4) is 0 Å². The van der Waals surface area contributed by atoms with Crippen molar-refractivity contribution in [2.75, 3.05) is 17.7 Å². The zero-order chi connectivity index (χ0) is 14.1. The Morgan fingerprint density at radius 1 is 1.00 bits per heavy atom. The van der Waals surface area contributed by atoms with Crippen molar-refractivity contribution < 1.29 is 0 Å². The number of anilines is 2. The summed E-state index contributed by atoms with van der Waals surface area (Å²) in [6.45, 7) is 2.05. The molecule has 2 N–H and O–H groups in total. The summed E-state index contributed by atoms with van der Waals surface area (Å²) in [6.07, 6.45) is 10.4. The van der Waals surface area contributed by atoms with Gasteiger partial charge in [0.1, 0.15) is 17.5 Å². The van der Waals surface area contributed by atoms with Crippen LogP contribution in [0.15, 0.2) is 0 Å². The van der Waals surface area contributed by atoms with Gasteiger partial charge in [-0.1, -0.05) is 25.7 Å². The lowest BCUT2D eigenvalue weighted by Gasteiger charge is -2.30. The largest absolute Gasteiger partial charge is 0.383 e. The van der Waals surface area contributed by atoms with Crippen LogP contribution in [0, 0.1) is 6.92 Å². The molecule has 4 nitrogen and oxygen atoms in total. The lowest BCUT2D eigenvalue weighted by Crippen LogP contribution is -2.33. The van der Waals surface area contributed by atoms with Crippen molar-refractivity contribution in [2.45, 2.75) is 70.3 Å². The smallest absolute Gasteiger partial charge is 0.137 e. The third-order valence-electron chi connectivity index (χ3n) is 4.82. The summed E-state index contributed by atoms with van der Waals surface area (Å²) in [4.78, 5) is 11.7. The molecule has 20 heavy (non-hydrogen) atoms. The minimum absolute atomic E-state index is 0.555. The standard InChI is InChI=1S/C16H26N4/c1-11-14(17)18-15(12-9-10-12)19-16(11)20(2)13-7-5-3-4-6-8-13/h12-13H,3-10H2,1-2H3,(H2,17,18,19). The molecule has 0 saturated heterocycles. The zero-order valence-corrected chi connectivity index (χ0v) is 12.7. The summed E-state index contributed by atoms with van der Waals surface area (Å²) in [7, 11) is 2.18. The molecule has 1 heterocycles. The van der Waals surface area contributed by atoms with Gasteiger partial charge in [-0.15, -0.1) is 0 Å². The van der Waals surface area contributed by atoms with E-state index < -0.39 is 0 Å². The first-order valence-electron chi connectivity index (χ1n) is 8.03. The number of nitrogens with two attached hydrogens (primary N) is 1. The van der Waals surface area contributed by atoms with E-state index in [9.17, 15) is 0 Å². The van der Waals surface area contributed by atoms with E-state index in [1.807, 2.05) is 0 Å². The van der Waals surface area contributed by atoms with Gasteiger partial charge in [-0.25, -0.2) is 9.97 Å². The van der Waals surface area contributed by atoms with Gasteiger partial charge in [-0.2, -0.15) is 0 Å². The van der Waals surface area contributed by atoms with E-state index in [2.05, 4.69) is 23.9 Å². The Labute approximate surface area is 121 Å². The fraction of sp³-hybridized carbons (Fsp3) is 0.750. The fourth-order valence-electron chi connectivity index (χ4n) is 3.22. The fourth-order valence-corrected chi connectivity index (χ4v) is 3.22. The molecular formula is C16H26N4. The summed E-state index contributed by atoms with van der Waals surface area (Å²) in [6, 6.07) is 0.609. The molecule has 2 aliphatic carbocycles. The highest BCUT2D eigenvalue weighted by Gasteiger charge is 2.29. The average Bonchev–Trinajstić information content (AvgIpc) is 3.27. The second-order valence-electron chi connectivity index (χ2n) is 6.45. The number of nitrogens with zero attached hydrogens (tertiary/aromatic N) is 3. The number of aromatic nitrogens is 2. The summed E-state index contributed by atoms with van der Waals surface area (Å²) in [5.41, 5.74) is 7.15. The molecule has 110 valence electrons. The number of nitrogen functional groups attached to an aromatic ring is 1. The molecule has 0 amide bonds. The van der Waals surface area contributed by atoms with Crippen LogP contribution in [0.25, 0.3) is 0 Å². The molecule has 2 aliphatic rings. The van der Waals surface area contributed by atoms with Crippen LogP contribution in [0.2, 0.25) is 0 Å². The maximum Gasteiger partial charge on any atom is 0.137 e. The first-order valence-corrected chi connectivity index (χ1v) is 8.03. The maximum absolute atomic E-state index is 6.11. The molecular weight excluding hydrogens is 248 g/mol. The maximum atomic E-state index is 6.11. The van der Waals surface area contributed by atoms with Crippen LogP contribution in [-0.4, -0.2) is 23.1 Å². The Bertz CT molecular complexity index is 474. The first-order chi connectivity index (χ1) is 9.66. The minimum atomic E-state index is 0.555. The molecule has 0 unspecified atom stereocenters. The van der Waals surface area contributed by atoms with Crippen molar-refractivity contribution in [1.29, 1.82) is 0 Å². The Balaban J connectivity index is 1.87. The topological polar surface area (TPSA) is 55.0 Å². The predicted molar refractivity (Wildman–Crippen MR) is 83.0 cm³/mol. The Morgan fingerprint density at radius 3 is 2.25 bits per heavy atom. The lowest BCUT2D eigenvalue weighted by molar-refractivity contribution is 0.547. The van der Waals surface area contributed by atoms with Gasteiger partial charge >= 0.3 is 0 Å². The van der Waals surface area contributed by atoms with Gasteiger partial charge in [-0.05, 0) is 32.6 Å². The SMILES string of the molecule is Cc1c(N)nc(C2CC2)nc1N(C)C1CCCCCC1. The molecule has 0 spiro atoms. The van der Waals surface area contributed by atoms with Crippen molar-refractivity contribution in [3.63, 3.8) is 0 Å². The molecule has 0 radical (unpaired) electrons. The quantitative estimate of drug-likeness (QED) is 0.858.